The fourth-order valence-electron chi connectivity index (χ4n) is 1.88. The average Bonchev–Trinajstić information content (AvgIpc) is 2.41. The van der Waals surface area contributed by atoms with E-state index in [0.29, 0.717) is 19.1 Å². The zero-order valence-electron chi connectivity index (χ0n) is 12.0. The highest BCUT2D eigenvalue weighted by Gasteiger charge is 2.03. The summed E-state index contributed by atoms with van der Waals surface area (Å²) in [7, 11) is 1.63. The van der Waals surface area contributed by atoms with Gasteiger partial charge in [0, 0.05) is 13.1 Å². The summed E-state index contributed by atoms with van der Waals surface area (Å²) in [5.41, 5.74) is 1.28. The molecule has 0 aliphatic rings. The topological polar surface area (TPSA) is 50.4 Å². The molecule has 4 nitrogen and oxygen atoms in total. The van der Waals surface area contributed by atoms with Gasteiger partial charge in [0.1, 0.15) is 5.75 Å². The van der Waals surface area contributed by atoms with Crippen molar-refractivity contribution in [1.82, 2.24) is 10.6 Å². The second-order valence-electron chi connectivity index (χ2n) is 4.58. The van der Waals surface area contributed by atoms with Crippen LogP contribution in [0.3, 0.4) is 0 Å². The van der Waals surface area contributed by atoms with Crippen LogP contribution in [0.1, 0.15) is 25.8 Å². The Bertz CT molecular complexity index is 376. The normalized spacial score (nSPS) is 11.9. The van der Waals surface area contributed by atoms with Gasteiger partial charge in [0.25, 0.3) is 0 Å². The van der Waals surface area contributed by atoms with Gasteiger partial charge in [-0.1, -0.05) is 19.1 Å². The monoisotopic (exact) mass is 264 g/mol. The number of benzene rings is 1. The van der Waals surface area contributed by atoms with E-state index in [2.05, 4.69) is 36.6 Å². The first-order chi connectivity index (χ1) is 9.15. The fraction of sp³-hybridized carbons (Fsp3) is 0.533. The molecule has 1 aromatic rings. The van der Waals surface area contributed by atoms with Crippen molar-refractivity contribution in [3.8, 4) is 5.75 Å². The van der Waals surface area contributed by atoms with Gasteiger partial charge in [0.05, 0.1) is 13.0 Å². The first-order valence-corrected chi connectivity index (χ1v) is 6.81. The largest absolute Gasteiger partial charge is 0.493 e. The van der Waals surface area contributed by atoms with Gasteiger partial charge in [-0.15, -0.1) is 0 Å². The van der Waals surface area contributed by atoms with E-state index in [9.17, 15) is 4.79 Å². The van der Waals surface area contributed by atoms with E-state index in [-0.39, 0.29) is 5.91 Å². The van der Waals surface area contributed by atoms with Crippen molar-refractivity contribution in [2.24, 2.45) is 0 Å². The molecule has 0 spiro atoms. The number of carbonyl (C=O) groups is 1. The molecular formula is C15H24N2O2. The molecule has 0 heterocycles. The molecule has 0 saturated heterocycles. The van der Waals surface area contributed by atoms with Crippen molar-refractivity contribution in [3.05, 3.63) is 29.8 Å². The fourth-order valence-corrected chi connectivity index (χ4v) is 1.88. The third-order valence-corrected chi connectivity index (χ3v) is 2.89. The summed E-state index contributed by atoms with van der Waals surface area (Å²) in [6.07, 6.45) is 1.39. The molecule has 2 N–H and O–H groups in total. The summed E-state index contributed by atoms with van der Waals surface area (Å²) in [6, 6.07) is 8.53. The molecule has 0 aromatic heterocycles. The van der Waals surface area contributed by atoms with Crippen LogP contribution in [0.25, 0.3) is 0 Å². The van der Waals surface area contributed by atoms with E-state index >= 15 is 0 Å². The minimum absolute atomic E-state index is 0.00363. The summed E-state index contributed by atoms with van der Waals surface area (Å²) >= 11 is 0. The van der Waals surface area contributed by atoms with Gasteiger partial charge in [-0.05, 0) is 37.6 Å². The van der Waals surface area contributed by atoms with Gasteiger partial charge >= 0.3 is 0 Å². The molecule has 0 fully saturated rings. The predicted molar refractivity (Wildman–Crippen MR) is 77.5 cm³/mol. The summed E-state index contributed by atoms with van der Waals surface area (Å²) in [5.74, 6) is 0.805. The van der Waals surface area contributed by atoms with Crippen LogP contribution in [0.15, 0.2) is 24.3 Å². The lowest BCUT2D eigenvalue weighted by molar-refractivity contribution is -0.121. The average molecular weight is 264 g/mol. The lowest BCUT2D eigenvalue weighted by atomic mass is 10.1. The van der Waals surface area contributed by atoms with Gasteiger partial charge < -0.3 is 15.4 Å². The minimum atomic E-state index is -0.00363. The Morgan fingerprint density at radius 3 is 2.58 bits per heavy atom. The molecule has 1 aromatic carbocycles. The van der Waals surface area contributed by atoms with E-state index in [4.69, 9.17) is 4.74 Å². The summed E-state index contributed by atoms with van der Waals surface area (Å²) < 4.78 is 5.51. The molecule has 19 heavy (non-hydrogen) atoms. The van der Waals surface area contributed by atoms with Crippen LogP contribution in [0.2, 0.25) is 0 Å². The smallest absolute Gasteiger partial charge is 0.223 e. The standard InChI is InChI=1S/C15H24N2O2/c1-4-17-12(2)11-13-5-7-14(8-6-13)19-10-9-15(18)16-3/h5-8,12,17H,4,9-11H2,1-3H3,(H,16,18). The molecule has 0 radical (unpaired) electrons. The lowest BCUT2D eigenvalue weighted by Gasteiger charge is -2.12. The first-order valence-electron chi connectivity index (χ1n) is 6.81. The number of amides is 1. The molecular weight excluding hydrogens is 240 g/mol. The quantitative estimate of drug-likeness (QED) is 0.752. The highest BCUT2D eigenvalue weighted by Crippen LogP contribution is 2.13. The highest BCUT2D eigenvalue weighted by atomic mass is 16.5. The van der Waals surface area contributed by atoms with Gasteiger partial charge in [-0.25, -0.2) is 0 Å². The maximum Gasteiger partial charge on any atom is 0.223 e. The molecule has 4 heteroatoms. The molecule has 1 amide bonds. The maximum atomic E-state index is 11.0. The van der Waals surface area contributed by atoms with Crippen molar-refractivity contribution in [1.29, 1.82) is 0 Å². The molecule has 0 bridgehead atoms. The van der Waals surface area contributed by atoms with Crippen molar-refractivity contribution in [3.63, 3.8) is 0 Å². The number of nitrogens with one attached hydrogen (secondary N) is 2. The third-order valence-electron chi connectivity index (χ3n) is 2.89. The van der Waals surface area contributed by atoms with Crippen LogP contribution in [-0.2, 0) is 11.2 Å². The van der Waals surface area contributed by atoms with Crippen molar-refractivity contribution >= 4 is 5.91 Å². The number of carbonyl (C=O) groups excluding carboxylic acids is 1. The van der Waals surface area contributed by atoms with Gasteiger partial charge in [0.15, 0.2) is 0 Å². The predicted octanol–water partition coefficient (Wildman–Crippen LogP) is 1.74. The first kappa shape index (κ1) is 15.5. The summed E-state index contributed by atoms with van der Waals surface area (Å²) in [4.78, 5) is 11.0. The van der Waals surface area contributed by atoms with Crippen LogP contribution in [0.4, 0.5) is 0 Å². The van der Waals surface area contributed by atoms with Crippen molar-refractivity contribution in [2.45, 2.75) is 32.7 Å². The van der Waals surface area contributed by atoms with E-state index in [1.165, 1.54) is 5.56 Å². The van der Waals surface area contributed by atoms with E-state index in [1.54, 1.807) is 7.05 Å². The molecule has 1 rings (SSSR count). The van der Waals surface area contributed by atoms with Crippen LogP contribution < -0.4 is 15.4 Å². The van der Waals surface area contributed by atoms with E-state index in [1.807, 2.05) is 12.1 Å². The molecule has 0 aliphatic carbocycles. The molecule has 1 unspecified atom stereocenters. The molecule has 106 valence electrons. The van der Waals surface area contributed by atoms with E-state index < -0.39 is 0 Å². The minimum Gasteiger partial charge on any atom is -0.493 e. The number of rotatable bonds is 8. The third kappa shape index (κ3) is 6.25. The second-order valence-corrected chi connectivity index (χ2v) is 4.58. The van der Waals surface area contributed by atoms with Crippen molar-refractivity contribution in [2.75, 3.05) is 20.2 Å². The maximum absolute atomic E-state index is 11.0. The Labute approximate surface area is 115 Å². The lowest BCUT2D eigenvalue weighted by Crippen LogP contribution is -2.27. The second kappa shape index (κ2) is 8.53. The Hall–Kier alpha value is -1.55. The Kier molecular flexibility index (Phi) is 6.97. The summed E-state index contributed by atoms with van der Waals surface area (Å²) in [5, 5.41) is 5.95. The number of hydrogen-bond acceptors (Lipinski definition) is 3. The SMILES string of the molecule is CCNC(C)Cc1ccc(OCCC(=O)NC)cc1. The summed E-state index contributed by atoms with van der Waals surface area (Å²) in [6.45, 7) is 5.69. The Balaban J connectivity index is 2.37. The van der Waals surface area contributed by atoms with Crippen LogP contribution in [-0.4, -0.2) is 32.1 Å². The van der Waals surface area contributed by atoms with Crippen LogP contribution >= 0.6 is 0 Å². The van der Waals surface area contributed by atoms with Gasteiger partial charge in [-0.3, -0.25) is 4.79 Å². The number of likely N-dealkylation sites (N-methyl/N-ethyl adjacent to an activating group) is 1. The van der Waals surface area contributed by atoms with E-state index in [0.717, 1.165) is 18.7 Å². The van der Waals surface area contributed by atoms with Crippen LogP contribution in [0, 0.1) is 0 Å². The Morgan fingerprint density at radius 1 is 1.32 bits per heavy atom. The van der Waals surface area contributed by atoms with Gasteiger partial charge in [-0.2, -0.15) is 0 Å². The molecule has 0 saturated carbocycles. The number of ether oxygens (including phenoxy) is 1. The molecule has 0 aliphatic heterocycles. The van der Waals surface area contributed by atoms with Crippen LogP contribution in [0.5, 0.6) is 5.75 Å². The zero-order valence-corrected chi connectivity index (χ0v) is 12.0. The molecule has 1 atom stereocenters. The number of hydrogen-bond donors (Lipinski definition) is 2. The Morgan fingerprint density at radius 2 is 2.00 bits per heavy atom. The highest BCUT2D eigenvalue weighted by molar-refractivity contribution is 5.75. The zero-order chi connectivity index (χ0) is 14.1. The van der Waals surface area contributed by atoms with Crippen molar-refractivity contribution < 1.29 is 9.53 Å². The van der Waals surface area contributed by atoms with Gasteiger partial charge in [0.2, 0.25) is 5.91 Å².